The summed E-state index contributed by atoms with van der Waals surface area (Å²) in [6, 6.07) is 0. The Morgan fingerprint density at radius 2 is 0.649 bits per heavy atom. The number of rotatable bonds is 24. The van der Waals surface area contributed by atoms with Crippen LogP contribution < -0.4 is 0 Å². The molecule has 0 aromatic rings. The zero-order valence-electron chi connectivity index (χ0n) is 50.7. The predicted octanol–water partition coefficient (Wildman–Crippen LogP) is 10.0. The summed E-state index contributed by atoms with van der Waals surface area (Å²) in [5.74, 6) is -3.56. The van der Waals surface area contributed by atoms with Gasteiger partial charge in [-0.3, -0.25) is 14.4 Å². The Labute approximate surface area is 463 Å². The van der Waals surface area contributed by atoms with Crippen molar-refractivity contribution in [3.63, 3.8) is 0 Å². The van der Waals surface area contributed by atoms with Crippen molar-refractivity contribution in [1.29, 1.82) is 0 Å². The molecule has 19 nitrogen and oxygen atoms in total. The lowest BCUT2D eigenvalue weighted by molar-refractivity contribution is -0.201. The second kappa shape index (κ2) is 30.1. The van der Waals surface area contributed by atoms with Crippen molar-refractivity contribution < 1.29 is 91.7 Å². The Morgan fingerprint density at radius 3 is 0.909 bits per heavy atom. The van der Waals surface area contributed by atoms with Gasteiger partial charge in [-0.05, 0) is 92.9 Å². The summed E-state index contributed by atoms with van der Waals surface area (Å²) in [7, 11) is 0. The molecule has 0 amide bonds. The number of Topliss-reactive ketones (excluding diaryl/α,β-unsaturated/α-hetero) is 1. The first-order valence-electron chi connectivity index (χ1n) is 28.3. The number of hydrogen-bond donors (Lipinski definition) is 0. The quantitative estimate of drug-likeness (QED) is 0.0651. The average molecular weight is 1110 g/mol. The molecule has 0 N–H and O–H groups in total. The molecule has 450 valence electrons. The van der Waals surface area contributed by atoms with Crippen LogP contribution in [-0.4, -0.2) is 153 Å². The molecule has 0 bridgehead atoms. The molecule has 0 saturated carbocycles. The average Bonchev–Trinajstić information content (AvgIpc) is 4.16. The van der Waals surface area contributed by atoms with E-state index in [2.05, 4.69) is 60.1 Å². The summed E-state index contributed by atoms with van der Waals surface area (Å²) in [6.07, 6.45) is 2.24. The summed E-state index contributed by atoms with van der Waals surface area (Å²) >= 11 is 0. The van der Waals surface area contributed by atoms with E-state index in [0.717, 1.165) is 19.3 Å². The summed E-state index contributed by atoms with van der Waals surface area (Å²) < 4.78 is 90.4. The Balaban J connectivity index is 0.000000449. The molecule has 0 radical (unpaired) electrons. The third-order valence-electron chi connectivity index (χ3n) is 13.7. The highest BCUT2D eigenvalue weighted by molar-refractivity contribution is 5.80. The van der Waals surface area contributed by atoms with E-state index in [1.54, 1.807) is 20.8 Å². The van der Waals surface area contributed by atoms with Crippen molar-refractivity contribution in [3.8, 4) is 0 Å². The predicted molar refractivity (Wildman–Crippen MR) is 287 cm³/mol. The van der Waals surface area contributed by atoms with Gasteiger partial charge >= 0.3 is 19.3 Å². The number of ketones is 1. The third-order valence-corrected chi connectivity index (χ3v) is 13.7. The fraction of sp³-hybridized carbons (Fsp3) is 0.931. The van der Waals surface area contributed by atoms with Gasteiger partial charge in [0.2, 0.25) is 0 Å². The summed E-state index contributed by atoms with van der Waals surface area (Å²) in [5, 5.41) is 0. The molecule has 6 aliphatic heterocycles. The van der Waals surface area contributed by atoms with Crippen molar-refractivity contribution in [2.24, 2.45) is 23.7 Å². The molecular weight excluding hydrogens is 1000 g/mol. The fourth-order valence-corrected chi connectivity index (χ4v) is 11.1. The molecule has 77 heavy (non-hydrogen) atoms. The van der Waals surface area contributed by atoms with E-state index in [9.17, 15) is 19.2 Å². The first-order valence-corrected chi connectivity index (χ1v) is 28.3. The molecule has 0 aromatic heterocycles. The van der Waals surface area contributed by atoms with E-state index >= 15 is 0 Å². The molecule has 19 heteroatoms. The first kappa shape index (κ1) is 68.9. The maximum atomic E-state index is 11.8. The highest BCUT2D eigenvalue weighted by Crippen LogP contribution is 2.46. The Hall–Kier alpha value is -2.40. The van der Waals surface area contributed by atoms with Crippen molar-refractivity contribution in [2.75, 3.05) is 46.2 Å². The fourth-order valence-electron chi connectivity index (χ4n) is 11.1. The van der Waals surface area contributed by atoms with Crippen LogP contribution in [0.4, 0.5) is 0 Å². The number of carbonyl (C=O) groups excluding carboxylic acids is 4. The molecule has 12 unspecified atom stereocenters. The van der Waals surface area contributed by atoms with Crippen LogP contribution in [0.1, 0.15) is 198 Å². The van der Waals surface area contributed by atoms with Gasteiger partial charge < -0.3 is 75.8 Å². The minimum atomic E-state index is -0.927. The highest BCUT2D eigenvalue weighted by Gasteiger charge is 2.59. The molecule has 6 saturated heterocycles. The lowest BCUT2D eigenvalue weighted by Gasteiger charge is -2.30. The maximum Gasteiger partial charge on any atom is 1.00 e. The topological polar surface area (TPSA) is 207 Å². The monoisotopic (exact) mass is 1110 g/mol. The van der Waals surface area contributed by atoms with Gasteiger partial charge in [0.15, 0.2) is 34.7 Å². The Bertz CT molecular complexity index is 1740. The molecule has 6 aliphatic rings. The number of carbonyl (C=O) groups is 4. The Morgan fingerprint density at radius 1 is 0.403 bits per heavy atom. The second-order valence-electron chi connectivity index (χ2n) is 24.0. The van der Waals surface area contributed by atoms with Gasteiger partial charge in [-0.1, -0.05) is 62.8 Å². The summed E-state index contributed by atoms with van der Waals surface area (Å²) in [5.41, 5.74) is 0. The van der Waals surface area contributed by atoms with E-state index in [0.29, 0.717) is 95.6 Å². The Kier molecular flexibility index (Phi) is 26.9. The van der Waals surface area contributed by atoms with Crippen LogP contribution >= 0.6 is 0 Å². The maximum absolute atomic E-state index is 11.8. The molecule has 0 spiro atoms. The minimum absolute atomic E-state index is 0. The van der Waals surface area contributed by atoms with Gasteiger partial charge in [0.1, 0.15) is 54.6 Å². The molecule has 12 atom stereocenters. The van der Waals surface area contributed by atoms with Gasteiger partial charge in [-0.15, -0.1) is 0 Å². The van der Waals surface area contributed by atoms with Crippen LogP contribution in [0.5, 0.6) is 0 Å². The zero-order valence-corrected chi connectivity index (χ0v) is 49.7. The van der Waals surface area contributed by atoms with Gasteiger partial charge in [0.05, 0.1) is 65.5 Å². The minimum Gasteiger partial charge on any atom is -0.466 e. The van der Waals surface area contributed by atoms with Gasteiger partial charge in [-0.2, -0.15) is 0 Å². The lowest BCUT2D eigenvalue weighted by Crippen LogP contribution is -2.45. The van der Waals surface area contributed by atoms with E-state index in [1.165, 1.54) is 6.92 Å². The number of esters is 3. The van der Waals surface area contributed by atoms with Crippen molar-refractivity contribution in [1.82, 2.24) is 0 Å². The smallest absolute Gasteiger partial charge is 0.466 e. The van der Waals surface area contributed by atoms with Crippen molar-refractivity contribution >= 4 is 23.7 Å². The second-order valence-corrected chi connectivity index (χ2v) is 24.0. The summed E-state index contributed by atoms with van der Waals surface area (Å²) in [4.78, 5) is 44.6. The molecule has 0 aromatic carbocycles. The van der Waals surface area contributed by atoms with Crippen LogP contribution in [0.3, 0.4) is 0 Å². The molecular formula is C58H105O19+. The van der Waals surface area contributed by atoms with Crippen LogP contribution in [0.25, 0.3) is 0 Å². The van der Waals surface area contributed by atoms with Crippen LogP contribution in [0.15, 0.2) is 0 Å². The number of ether oxygens (including phenoxy) is 15. The van der Waals surface area contributed by atoms with Crippen LogP contribution in [0, 0.1) is 23.7 Å². The van der Waals surface area contributed by atoms with Crippen molar-refractivity contribution in [2.45, 2.75) is 280 Å². The zero-order chi connectivity index (χ0) is 56.9. The standard InChI is InChI=1S/C26H44O10.C24H44O6.C7H12O3.CH4/c1-8-29-20(27)10-12-24(5)31-15-18(33-24)22-23(36-26(7,35-22)14-17(3)4)19-16-32-25(6,34-19)13-11-21(28)30-9-2;1-15(2)10-22(7)25-13-18(27-22)20-21(30-24(9,29-20)12-17(5)6)19-14-26-23(8,28-19)11-16(3)4;1-3-10-7(9)5-4-6(2)8;/h17-19,22-23H,8-16H2,1-7H3;15-21H,10-14H2,1-9H3;3-5H2,1-2H3;1H4/p+1. The van der Waals surface area contributed by atoms with Gasteiger partial charge in [-0.25, -0.2) is 0 Å². The first-order chi connectivity index (χ1) is 35.4. The van der Waals surface area contributed by atoms with E-state index in [1.807, 2.05) is 41.5 Å². The largest absolute Gasteiger partial charge is 1.00 e. The molecule has 6 rings (SSSR count). The molecule has 6 heterocycles. The van der Waals surface area contributed by atoms with Gasteiger partial charge in [0, 0.05) is 44.9 Å². The van der Waals surface area contributed by atoms with Crippen molar-refractivity contribution in [3.05, 3.63) is 0 Å². The normalized spacial score (nSPS) is 36.6. The molecule has 0 aliphatic carbocycles. The molecule has 6 fully saturated rings. The summed E-state index contributed by atoms with van der Waals surface area (Å²) in [6.45, 7) is 38.4. The van der Waals surface area contributed by atoms with Crippen LogP contribution in [0.2, 0.25) is 0 Å². The highest BCUT2D eigenvalue weighted by atomic mass is 16.8. The number of hydrogen-bond acceptors (Lipinski definition) is 19. The van der Waals surface area contributed by atoms with Gasteiger partial charge in [0.25, 0.3) is 0 Å². The van der Waals surface area contributed by atoms with Crippen LogP contribution in [-0.2, 0) is 90.2 Å². The van der Waals surface area contributed by atoms with E-state index in [-0.39, 0.29) is 76.2 Å². The SMILES string of the molecule is C.CC(C)CC1(C)OCC(C2OC(C)(CC(C)C)OC2C2COC(C)(CC(C)C)O2)O1.CCOC(=O)CCC(C)=O.CCOC(=O)CCC1(C)OCC(C2OC(C)(CC(C)C)OC2C2COC(C)(CCC(=O)OCC)O2)O1.[H+]. The van der Waals surface area contributed by atoms with E-state index < -0.39 is 59.1 Å². The third kappa shape index (κ3) is 21.8. The lowest BCUT2D eigenvalue weighted by atomic mass is 10.0. The van der Waals surface area contributed by atoms with E-state index in [4.69, 9.17) is 66.3 Å².